The van der Waals surface area contributed by atoms with Crippen molar-refractivity contribution in [2.75, 3.05) is 12.3 Å². The van der Waals surface area contributed by atoms with Gasteiger partial charge in [0.2, 0.25) is 10.0 Å². The fourth-order valence-electron chi connectivity index (χ4n) is 2.53. The van der Waals surface area contributed by atoms with Gasteiger partial charge in [-0.25, -0.2) is 8.42 Å². The van der Waals surface area contributed by atoms with Crippen molar-refractivity contribution in [2.24, 2.45) is 5.73 Å². The molecule has 0 bridgehead atoms. The van der Waals surface area contributed by atoms with Crippen LogP contribution in [-0.4, -0.2) is 36.3 Å². The quantitative estimate of drug-likeness (QED) is 0.926. The van der Waals surface area contributed by atoms with E-state index >= 15 is 0 Å². The zero-order chi connectivity index (χ0) is 14.9. The highest BCUT2D eigenvalue weighted by Crippen LogP contribution is 2.31. The van der Waals surface area contributed by atoms with Crippen molar-refractivity contribution in [2.45, 2.75) is 43.5 Å². The number of benzene rings is 1. The van der Waals surface area contributed by atoms with Gasteiger partial charge in [-0.3, -0.25) is 0 Å². The van der Waals surface area contributed by atoms with Gasteiger partial charge >= 0.3 is 0 Å². The first-order valence-electron chi connectivity index (χ1n) is 6.81. The molecule has 0 spiro atoms. The van der Waals surface area contributed by atoms with Crippen molar-refractivity contribution < 1.29 is 8.42 Å². The second-order valence-electron chi connectivity index (χ2n) is 5.18. The molecule has 0 saturated carbocycles. The maximum atomic E-state index is 12.9. The van der Waals surface area contributed by atoms with Gasteiger partial charge in [0.1, 0.15) is 0 Å². The van der Waals surface area contributed by atoms with E-state index in [1.807, 2.05) is 31.7 Å². The number of hydrogen-bond donors (Lipinski definition) is 1. The molecule has 6 heteroatoms. The van der Waals surface area contributed by atoms with Crippen molar-refractivity contribution in [3.63, 3.8) is 0 Å². The molecule has 1 aliphatic heterocycles. The topological polar surface area (TPSA) is 63.4 Å². The number of hydrogen-bond acceptors (Lipinski definition) is 4. The second-order valence-corrected chi connectivity index (χ2v) is 8.52. The largest absolute Gasteiger partial charge is 0.326 e. The van der Waals surface area contributed by atoms with Crippen molar-refractivity contribution in [3.05, 3.63) is 29.3 Å². The molecule has 2 N–H and O–H groups in total. The first-order chi connectivity index (χ1) is 9.39. The highest BCUT2D eigenvalue weighted by Gasteiger charge is 2.35. The molecule has 20 heavy (non-hydrogen) atoms. The maximum absolute atomic E-state index is 12.9. The van der Waals surface area contributed by atoms with E-state index in [-0.39, 0.29) is 6.04 Å². The van der Waals surface area contributed by atoms with Crippen LogP contribution in [0, 0.1) is 6.92 Å². The van der Waals surface area contributed by atoms with Crippen LogP contribution in [-0.2, 0) is 16.6 Å². The Bertz CT molecular complexity index is 587. The molecule has 1 aromatic carbocycles. The highest BCUT2D eigenvalue weighted by atomic mass is 32.2. The third-order valence-electron chi connectivity index (χ3n) is 4.03. The predicted octanol–water partition coefficient (Wildman–Crippen LogP) is 1.97. The molecule has 2 atom stereocenters. The Morgan fingerprint density at radius 1 is 1.40 bits per heavy atom. The Balaban J connectivity index is 2.45. The Labute approximate surface area is 125 Å². The van der Waals surface area contributed by atoms with E-state index < -0.39 is 10.0 Å². The number of nitrogens with zero attached hydrogens (tertiary/aromatic N) is 1. The van der Waals surface area contributed by atoms with E-state index in [2.05, 4.69) is 6.92 Å². The summed E-state index contributed by atoms with van der Waals surface area (Å²) in [6.07, 6.45) is 0. The lowest BCUT2D eigenvalue weighted by atomic mass is 10.1. The molecule has 1 saturated heterocycles. The third-order valence-corrected chi connectivity index (χ3v) is 7.50. The lowest BCUT2D eigenvalue weighted by Gasteiger charge is -2.36. The standard InChI is InChI=1S/C14H22N2O2S2/c1-10-13(9-15)5-4-6-14(10)20(17,18)16-7-8-19-12(3)11(16)2/h4-6,11-12H,7-9,15H2,1-3H3. The van der Waals surface area contributed by atoms with Gasteiger partial charge < -0.3 is 5.73 Å². The van der Waals surface area contributed by atoms with Gasteiger partial charge in [-0.15, -0.1) is 0 Å². The van der Waals surface area contributed by atoms with Crippen molar-refractivity contribution >= 4 is 21.8 Å². The van der Waals surface area contributed by atoms with Crippen molar-refractivity contribution in [3.8, 4) is 0 Å². The van der Waals surface area contributed by atoms with Gasteiger partial charge in [-0.05, 0) is 31.0 Å². The molecule has 0 amide bonds. The summed E-state index contributed by atoms with van der Waals surface area (Å²) in [7, 11) is -3.44. The van der Waals surface area contributed by atoms with E-state index in [1.165, 1.54) is 0 Å². The number of nitrogens with two attached hydrogens (primary N) is 1. The Morgan fingerprint density at radius 2 is 2.10 bits per heavy atom. The normalized spacial score (nSPS) is 24.8. The first-order valence-corrected chi connectivity index (χ1v) is 9.30. The predicted molar refractivity (Wildman–Crippen MR) is 84.3 cm³/mol. The van der Waals surface area contributed by atoms with Crippen LogP contribution in [0.25, 0.3) is 0 Å². The van der Waals surface area contributed by atoms with E-state index in [1.54, 1.807) is 16.4 Å². The zero-order valence-corrected chi connectivity index (χ0v) is 13.8. The minimum atomic E-state index is -3.44. The molecule has 0 radical (unpaired) electrons. The molecule has 4 nitrogen and oxygen atoms in total. The van der Waals surface area contributed by atoms with Crippen LogP contribution >= 0.6 is 11.8 Å². The van der Waals surface area contributed by atoms with Gasteiger partial charge in [-0.2, -0.15) is 16.1 Å². The fourth-order valence-corrected chi connectivity index (χ4v) is 5.80. The summed E-state index contributed by atoms with van der Waals surface area (Å²) >= 11 is 1.83. The molecule has 2 rings (SSSR count). The lowest BCUT2D eigenvalue weighted by Crippen LogP contribution is -2.48. The van der Waals surface area contributed by atoms with Crippen LogP contribution < -0.4 is 5.73 Å². The third kappa shape index (κ3) is 2.74. The molecule has 1 aliphatic rings. The van der Waals surface area contributed by atoms with Gasteiger partial charge in [0.05, 0.1) is 4.90 Å². The maximum Gasteiger partial charge on any atom is 0.243 e. The minimum absolute atomic E-state index is 0.0136. The van der Waals surface area contributed by atoms with E-state index in [4.69, 9.17) is 5.73 Å². The monoisotopic (exact) mass is 314 g/mol. The van der Waals surface area contributed by atoms with Crippen LogP contribution in [0.15, 0.2) is 23.1 Å². The molecule has 112 valence electrons. The molecule has 0 aliphatic carbocycles. The summed E-state index contributed by atoms with van der Waals surface area (Å²) in [6.45, 7) is 6.83. The minimum Gasteiger partial charge on any atom is -0.326 e. The smallest absolute Gasteiger partial charge is 0.243 e. The summed E-state index contributed by atoms with van der Waals surface area (Å²) in [6, 6.07) is 5.35. The number of sulfonamides is 1. The molecule has 2 unspecified atom stereocenters. The van der Waals surface area contributed by atoms with Crippen LogP contribution in [0.3, 0.4) is 0 Å². The molecular formula is C14H22N2O2S2. The second kappa shape index (κ2) is 6.05. The van der Waals surface area contributed by atoms with Crippen LogP contribution in [0.1, 0.15) is 25.0 Å². The summed E-state index contributed by atoms with van der Waals surface area (Å²) in [4.78, 5) is 0.395. The fraction of sp³-hybridized carbons (Fsp3) is 0.571. The first kappa shape index (κ1) is 15.8. The summed E-state index contributed by atoms with van der Waals surface area (Å²) in [5.41, 5.74) is 7.34. The SMILES string of the molecule is Cc1c(CN)cccc1S(=O)(=O)N1CCSC(C)C1C. The number of rotatable bonds is 3. The molecule has 1 fully saturated rings. The molecule has 1 heterocycles. The van der Waals surface area contributed by atoms with Crippen LogP contribution in [0.2, 0.25) is 0 Å². The Kier molecular flexibility index (Phi) is 4.79. The van der Waals surface area contributed by atoms with E-state index in [0.29, 0.717) is 23.2 Å². The molecular weight excluding hydrogens is 292 g/mol. The molecule has 0 aromatic heterocycles. The summed E-state index contributed by atoms with van der Waals surface area (Å²) < 4.78 is 27.5. The number of thioether (sulfide) groups is 1. The molecule has 1 aromatic rings. The van der Waals surface area contributed by atoms with Gasteiger partial charge in [-0.1, -0.05) is 19.1 Å². The van der Waals surface area contributed by atoms with Crippen molar-refractivity contribution in [1.29, 1.82) is 0 Å². The summed E-state index contributed by atoms with van der Waals surface area (Å²) in [5.74, 6) is 0.848. The Morgan fingerprint density at radius 3 is 2.75 bits per heavy atom. The zero-order valence-electron chi connectivity index (χ0n) is 12.2. The van der Waals surface area contributed by atoms with E-state index in [0.717, 1.165) is 16.9 Å². The average Bonchev–Trinajstić information content (AvgIpc) is 2.41. The van der Waals surface area contributed by atoms with Crippen molar-refractivity contribution in [1.82, 2.24) is 4.31 Å². The Hall–Kier alpha value is -0.560. The lowest BCUT2D eigenvalue weighted by molar-refractivity contribution is 0.340. The van der Waals surface area contributed by atoms with Gasteiger partial charge in [0.15, 0.2) is 0 Å². The average molecular weight is 314 g/mol. The summed E-state index contributed by atoms with van der Waals surface area (Å²) in [5, 5.41) is 0.316. The van der Waals surface area contributed by atoms with Crippen LogP contribution in [0.4, 0.5) is 0 Å². The highest BCUT2D eigenvalue weighted by molar-refractivity contribution is 8.00. The van der Waals surface area contributed by atoms with Crippen LogP contribution in [0.5, 0.6) is 0 Å². The van der Waals surface area contributed by atoms with Gasteiger partial charge in [0, 0.05) is 30.1 Å². The van der Waals surface area contributed by atoms with Gasteiger partial charge in [0.25, 0.3) is 0 Å². The van der Waals surface area contributed by atoms with E-state index in [9.17, 15) is 8.42 Å².